The lowest BCUT2D eigenvalue weighted by atomic mass is 10.0. The molecule has 3 amide bonds. The van der Waals surface area contributed by atoms with Crippen molar-refractivity contribution in [1.29, 1.82) is 0 Å². The van der Waals surface area contributed by atoms with Gasteiger partial charge >= 0.3 is 0 Å². The molecule has 1 saturated heterocycles. The molecule has 7 nitrogen and oxygen atoms in total. The van der Waals surface area contributed by atoms with E-state index in [-0.39, 0.29) is 29.2 Å². The van der Waals surface area contributed by atoms with Crippen LogP contribution in [0.5, 0.6) is 0 Å². The quantitative estimate of drug-likeness (QED) is 0.562. The minimum Gasteiger partial charge on any atom is -0.375 e. The highest BCUT2D eigenvalue weighted by Crippen LogP contribution is 2.23. The molecule has 0 aromatic carbocycles. The van der Waals surface area contributed by atoms with Crippen LogP contribution in [0, 0.1) is 5.92 Å². The van der Waals surface area contributed by atoms with E-state index in [9.17, 15) is 14.4 Å². The van der Waals surface area contributed by atoms with Gasteiger partial charge in [-0.1, -0.05) is 6.92 Å². The van der Waals surface area contributed by atoms with Gasteiger partial charge in [-0.05, 0) is 40.5 Å². The van der Waals surface area contributed by atoms with Gasteiger partial charge in [0.1, 0.15) is 0 Å². The lowest BCUT2D eigenvalue weighted by Gasteiger charge is -2.30. The van der Waals surface area contributed by atoms with Crippen LogP contribution in [0.4, 0.5) is 0 Å². The van der Waals surface area contributed by atoms with E-state index in [2.05, 4.69) is 5.32 Å². The Morgan fingerprint density at radius 3 is 2.23 bits per heavy atom. The smallest absolute Gasteiger partial charge is 0.232 e. The summed E-state index contributed by atoms with van der Waals surface area (Å²) in [5, 5.41) is 2.56. The fraction of sp³-hybridized carbons (Fsp3) is 0.842. The number of rotatable bonds is 11. The Morgan fingerprint density at radius 1 is 1.12 bits per heavy atom. The first-order valence-electron chi connectivity index (χ1n) is 9.30. The Balaban J connectivity index is 2.32. The molecule has 26 heavy (non-hydrogen) atoms. The summed E-state index contributed by atoms with van der Waals surface area (Å²) < 4.78 is 11.7. The molecule has 1 aliphatic heterocycles. The molecule has 1 aliphatic rings. The summed E-state index contributed by atoms with van der Waals surface area (Å²) in [5.74, 6) is -0.432. The third-order valence-corrected chi connectivity index (χ3v) is 4.70. The van der Waals surface area contributed by atoms with Gasteiger partial charge in [0.15, 0.2) is 0 Å². The topological polar surface area (TPSA) is 84.9 Å². The van der Waals surface area contributed by atoms with Crippen LogP contribution >= 0.6 is 0 Å². The molecule has 0 aliphatic carbocycles. The van der Waals surface area contributed by atoms with E-state index < -0.39 is 5.60 Å². The highest BCUT2D eigenvalue weighted by atomic mass is 16.5. The number of hydrogen-bond acceptors (Lipinski definition) is 5. The van der Waals surface area contributed by atoms with E-state index in [1.54, 1.807) is 14.0 Å². The molecule has 0 bridgehead atoms. The molecular formula is C19H34N2O5. The Labute approximate surface area is 156 Å². The van der Waals surface area contributed by atoms with Crippen LogP contribution in [0.15, 0.2) is 0 Å². The molecule has 0 radical (unpaired) electrons. The number of nitrogens with zero attached hydrogens (tertiary/aromatic N) is 1. The first-order valence-corrected chi connectivity index (χ1v) is 9.30. The first kappa shape index (κ1) is 22.6. The maximum absolute atomic E-state index is 12.0. The molecule has 1 fully saturated rings. The summed E-state index contributed by atoms with van der Waals surface area (Å²) in [4.78, 5) is 36.4. The molecule has 0 aromatic heterocycles. The van der Waals surface area contributed by atoms with Gasteiger partial charge in [-0.2, -0.15) is 0 Å². The molecule has 1 unspecified atom stereocenters. The first-order chi connectivity index (χ1) is 12.0. The molecule has 0 aromatic rings. The fourth-order valence-electron chi connectivity index (χ4n) is 2.73. The summed E-state index contributed by atoms with van der Waals surface area (Å²) in [6.07, 6.45) is 1.92. The minimum atomic E-state index is -0.440. The number of amides is 3. The number of nitrogens with one attached hydrogen (secondary N) is 1. The molecule has 0 spiro atoms. The summed E-state index contributed by atoms with van der Waals surface area (Å²) in [7, 11) is 1.60. The molecule has 0 saturated carbocycles. The van der Waals surface area contributed by atoms with Crippen LogP contribution in [0.1, 0.15) is 60.3 Å². The van der Waals surface area contributed by atoms with Crippen LogP contribution in [0.3, 0.4) is 0 Å². The van der Waals surface area contributed by atoms with E-state index in [1.165, 1.54) is 4.90 Å². The maximum atomic E-state index is 12.0. The number of ether oxygens (including phenoxy) is 2. The minimum absolute atomic E-state index is 0.0430. The molecule has 1 heterocycles. The SMILES string of the molecule is CNC(=O)CCOC(C)(C)CCOC(C)(C)CCN1C(=O)CC(C)C1=O. The zero-order valence-electron chi connectivity index (χ0n) is 17.0. The van der Waals surface area contributed by atoms with Crippen molar-refractivity contribution in [2.45, 2.75) is 71.5 Å². The molecular weight excluding hydrogens is 336 g/mol. The van der Waals surface area contributed by atoms with Gasteiger partial charge in [0.2, 0.25) is 17.7 Å². The fourth-order valence-corrected chi connectivity index (χ4v) is 2.73. The Bertz CT molecular complexity index is 516. The van der Waals surface area contributed by atoms with E-state index in [0.717, 1.165) is 0 Å². The second-order valence-corrected chi connectivity index (χ2v) is 8.13. The molecule has 7 heteroatoms. The second kappa shape index (κ2) is 9.46. The van der Waals surface area contributed by atoms with Crippen molar-refractivity contribution in [3.8, 4) is 0 Å². The van der Waals surface area contributed by atoms with Gasteiger partial charge in [-0.15, -0.1) is 0 Å². The van der Waals surface area contributed by atoms with Crippen LogP contribution in [0.2, 0.25) is 0 Å². The normalized spacial score (nSPS) is 18.5. The molecule has 1 rings (SSSR count). The Morgan fingerprint density at radius 2 is 1.69 bits per heavy atom. The molecule has 150 valence electrons. The summed E-state index contributed by atoms with van der Waals surface area (Å²) in [6.45, 7) is 10.9. The van der Waals surface area contributed by atoms with Crippen molar-refractivity contribution in [1.82, 2.24) is 10.2 Å². The number of carbonyl (C=O) groups is 3. The van der Waals surface area contributed by atoms with Gasteiger partial charge in [-0.3, -0.25) is 19.3 Å². The number of hydrogen-bond donors (Lipinski definition) is 1. The highest BCUT2D eigenvalue weighted by molar-refractivity contribution is 6.03. The largest absolute Gasteiger partial charge is 0.375 e. The zero-order valence-corrected chi connectivity index (χ0v) is 17.0. The lowest BCUT2D eigenvalue weighted by molar-refractivity contribution is -0.140. The summed E-state index contributed by atoms with van der Waals surface area (Å²) in [6, 6.07) is 0. The van der Waals surface area contributed by atoms with E-state index >= 15 is 0 Å². The van der Waals surface area contributed by atoms with Crippen molar-refractivity contribution in [2.24, 2.45) is 5.92 Å². The van der Waals surface area contributed by atoms with Gasteiger partial charge < -0.3 is 14.8 Å². The van der Waals surface area contributed by atoms with Crippen molar-refractivity contribution in [3.05, 3.63) is 0 Å². The van der Waals surface area contributed by atoms with Crippen molar-refractivity contribution in [3.63, 3.8) is 0 Å². The van der Waals surface area contributed by atoms with Gasteiger partial charge in [-0.25, -0.2) is 0 Å². The average molecular weight is 370 g/mol. The second-order valence-electron chi connectivity index (χ2n) is 8.13. The van der Waals surface area contributed by atoms with Crippen molar-refractivity contribution < 1.29 is 23.9 Å². The third-order valence-electron chi connectivity index (χ3n) is 4.70. The monoisotopic (exact) mass is 370 g/mol. The number of carbonyl (C=O) groups excluding carboxylic acids is 3. The highest BCUT2D eigenvalue weighted by Gasteiger charge is 2.36. The summed E-state index contributed by atoms with van der Waals surface area (Å²) in [5.41, 5.74) is -0.828. The van der Waals surface area contributed by atoms with E-state index in [1.807, 2.05) is 27.7 Å². The van der Waals surface area contributed by atoms with E-state index in [0.29, 0.717) is 45.4 Å². The van der Waals surface area contributed by atoms with Crippen molar-refractivity contribution in [2.75, 3.05) is 26.8 Å². The Kier molecular flexibility index (Phi) is 8.21. The summed E-state index contributed by atoms with van der Waals surface area (Å²) >= 11 is 0. The van der Waals surface area contributed by atoms with Crippen LogP contribution in [-0.4, -0.2) is 60.6 Å². The number of likely N-dealkylation sites (tertiary alicyclic amines) is 1. The van der Waals surface area contributed by atoms with Crippen LogP contribution in [0.25, 0.3) is 0 Å². The third kappa shape index (κ3) is 7.41. The predicted molar refractivity (Wildman–Crippen MR) is 98.5 cm³/mol. The van der Waals surface area contributed by atoms with Crippen molar-refractivity contribution >= 4 is 17.7 Å². The van der Waals surface area contributed by atoms with E-state index in [4.69, 9.17) is 9.47 Å². The lowest BCUT2D eigenvalue weighted by Crippen LogP contribution is -2.37. The van der Waals surface area contributed by atoms with Crippen LogP contribution < -0.4 is 5.32 Å². The number of imide groups is 1. The predicted octanol–water partition coefficient (Wildman–Crippen LogP) is 1.89. The standard InChI is InChI=1S/C19H34N2O5/c1-14-13-16(23)21(17(14)24)10-8-18(2,3)26-12-9-19(4,5)25-11-7-15(22)20-6/h14H,7-13H2,1-6H3,(H,20,22). The molecule has 1 atom stereocenters. The zero-order chi connectivity index (χ0) is 20.0. The Hall–Kier alpha value is -1.47. The van der Waals surface area contributed by atoms with Gasteiger partial charge in [0.05, 0.1) is 24.4 Å². The van der Waals surface area contributed by atoms with Crippen LogP contribution in [-0.2, 0) is 23.9 Å². The van der Waals surface area contributed by atoms with Gasteiger partial charge in [0, 0.05) is 32.4 Å². The maximum Gasteiger partial charge on any atom is 0.232 e. The average Bonchev–Trinajstić information content (AvgIpc) is 2.77. The molecule has 1 N–H and O–H groups in total. The van der Waals surface area contributed by atoms with Gasteiger partial charge in [0.25, 0.3) is 0 Å².